The van der Waals surface area contributed by atoms with Gasteiger partial charge in [-0.25, -0.2) is 4.79 Å². The van der Waals surface area contributed by atoms with Gasteiger partial charge in [-0.05, 0) is 61.6 Å². The lowest BCUT2D eigenvalue weighted by molar-refractivity contribution is 0.0589. The van der Waals surface area contributed by atoms with E-state index in [2.05, 4.69) is 39.2 Å². The minimum absolute atomic E-state index is 0.377. The number of hydrogen-bond donors (Lipinski definition) is 1. The van der Waals surface area contributed by atoms with Crippen LogP contribution in [0.15, 0.2) is 53.6 Å². The van der Waals surface area contributed by atoms with Crippen molar-refractivity contribution in [1.82, 2.24) is 34.4 Å². The van der Waals surface area contributed by atoms with Crippen molar-refractivity contribution < 1.29 is 14.3 Å². The SMILES string of the molecule is COC(=O)c1c2c3ccc(Cl)c(c3n1C)-c1c(nn3c1CCC3)CNCc1cc(n(C)n1)CSc1cc(c3ncccc3c1)OCCC2. The molecule has 2 aliphatic rings. The minimum Gasteiger partial charge on any atom is -0.491 e. The monoisotopic (exact) mass is 681 g/mol. The van der Waals surface area contributed by atoms with Gasteiger partial charge >= 0.3 is 5.97 Å². The van der Waals surface area contributed by atoms with Crippen LogP contribution in [0.25, 0.3) is 32.9 Å². The highest BCUT2D eigenvalue weighted by Gasteiger charge is 2.30. The van der Waals surface area contributed by atoms with Gasteiger partial charge in [0, 0.05) is 83.9 Å². The molecule has 0 fully saturated rings. The average molecular weight is 682 g/mol. The Hall–Kier alpha value is -4.32. The highest BCUT2D eigenvalue weighted by molar-refractivity contribution is 7.98. The molecule has 48 heavy (non-hydrogen) atoms. The van der Waals surface area contributed by atoms with Crippen LogP contribution in [0.4, 0.5) is 0 Å². The molecular weight excluding hydrogens is 646 g/mol. The van der Waals surface area contributed by atoms with Crippen molar-refractivity contribution in [2.75, 3.05) is 13.7 Å². The van der Waals surface area contributed by atoms with Gasteiger partial charge in [0.1, 0.15) is 17.0 Å². The normalized spacial score (nSPS) is 15.2. The van der Waals surface area contributed by atoms with Crippen molar-refractivity contribution in [2.45, 2.75) is 56.0 Å². The zero-order chi connectivity index (χ0) is 32.9. The highest BCUT2D eigenvalue weighted by Crippen LogP contribution is 2.43. The van der Waals surface area contributed by atoms with Crippen LogP contribution in [-0.4, -0.2) is 48.8 Å². The van der Waals surface area contributed by atoms with Gasteiger partial charge in [-0.1, -0.05) is 23.7 Å². The van der Waals surface area contributed by atoms with E-state index in [-0.39, 0.29) is 5.97 Å². The largest absolute Gasteiger partial charge is 0.491 e. The molecule has 2 aromatic carbocycles. The second kappa shape index (κ2) is 12.6. The molecule has 0 aliphatic carbocycles. The number of aryl methyl sites for hydroxylation is 4. The third kappa shape index (κ3) is 5.34. The van der Waals surface area contributed by atoms with Crippen molar-refractivity contribution in [3.05, 3.63) is 87.7 Å². The molecule has 8 rings (SSSR count). The van der Waals surface area contributed by atoms with E-state index in [1.807, 2.05) is 41.5 Å². The molecule has 6 aromatic rings. The van der Waals surface area contributed by atoms with Gasteiger partial charge < -0.3 is 19.4 Å². The molecule has 6 heterocycles. The second-order valence-electron chi connectivity index (χ2n) is 12.4. The Balaban J connectivity index is 1.27. The smallest absolute Gasteiger partial charge is 0.354 e. The molecule has 0 saturated carbocycles. The first-order valence-corrected chi connectivity index (χ1v) is 17.6. The molecule has 12 heteroatoms. The van der Waals surface area contributed by atoms with Gasteiger partial charge in [0.05, 0.1) is 35.6 Å². The zero-order valence-electron chi connectivity index (χ0n) is 27.2. The predicted octanol–water partition coefficient (Wildman–Crippen LogP) is 6.62. The van der Waals surface area contributed by atoms with Crippen molar-refractivity contribution >= 4 is 51.1 Å². The number of carbonyl (C=O) groups excluding carboxylic acids is 1. The molecule has 0 amide bonds. The number of thioether (sulfide) groups is 1. The summed E-state index contributed by atoms with van der Waals surface area (Å²) < 4.78 is 17.8. The Kier molecular flexibility index (Phi) is 8.14. The second-order valence-corrected chi connectivity index (χ2v) is 13.8. The van der Waals surface area contributed by atoms with E-state index in [0.29, 0.717) is 43.3 Å². The van der Waals surface area contributed by atoms with Crippen LogP contribution in [-0.2, 0) is 57.1 Å². The number of esters is 1. The lowest BCUT2D eigenvalue weighted by Gasteiger charge is -2.12. The molecule has 0 atom stereocenters. The highest BCUT2D eigenvalue weighted by atomic mass is 35.5. The first-order valence-electron chi connectivity index (χ1n) is 16.2. The molecule has 10 nitrogen and oxygen atoms in total. The number of fused-ring (bicyclic) bond motifs is 10. The number of ether oxygens (including phenoxy) is 2. The van der Waals surface area contributed by atoms with Crippen LogP contribution < -0.4 is 10.1 Å². The number of carbonyl (C=O) groups is 1. The Labute approximate surface area is 287 Å². The van der Waals surface area contributed by atoms with E-state index in [1.165, 1.54) is 12.8 Å². The first kappa shape index (κ1) is 31.0. The van der Waals surface area contributed by atoms with Crippen LogP contribution in [0, 0.1) is 0 Å². The van der Waals surface area contributed by atoms with Crippen molar-refractivity contribution in [2.24, 2.45) is 14.1 Å². The van der Waals surface area contributed by atoms with Gasteiger partial charge in [-0.3, -0.25) is 14.3 Å². The number of pyridine rings is 1. The van der Waals surface area contributed by atoms with Crippen molar-refractivity contribution in [3.8, 4) is 16.9 Å². The molecule has 0 saturated heterocycles. The fourth-order valence-corrected chi connectivity index (χ4v) is 8.50. The number of rotatable bonds is 1. The Morgan fingerprint density at radius 1 is 1.06 bits per heavy atom. The Morgan fingerprint density at radius 3 is 2.83 bits per heavy atom. The van der Waals surface area contributed by atoms with E-state index in [9.17, 15) is 4.79 Å². The number of aromatic nitrogens is 6. The fourth-order valence-electron chi connectivity index (χ4n) is 7.26. The van der Waals surface area contributed by atoms with Crippen LogP contribution in [0.1, 0.15) is 51.7 Å². The molecule has 0 radical (unpaired) electrons. The summed E-state index contributed by atoms with van der Waals surface area (Å²) in [6.07, 6.45) is 5.04. The molecule has 246 valence electrons. The third-order valence-corrected chi connectivity index (χ3v) is 10.8. The number of halogens is 1. The van der Waals surface area contributed by atoms with Crippen molar-refractivity contribution in [1.29, 1.82) is 0 Å². The number of benzene rings is 2. The summed E-state index contributed by atoms with van der Waals surface area (Å²) in [7, 11) is 5.35. The van der Waals surface area contributed by atoms with Gasteiger partial charge in [0.25, 0.3) is 0 Å². The van der Waals surface area contributed by atoms with E-state index in [0.717, 1.165) is 91.4 Å². The molecule has 1 N–H and O–H groups in total. The van der Waals surface area contributed by atoms with Crippen LogP contribution in [0.5, 0.6) is 5.75 Å². The van der Waals surface area contributed by atoms with Gasteiger partial charge in [0.2, 0.25) is 0 Å². The maximum atomic E-state index is 13.4. The summed E-state index contributed by atoms with van der Waals surface area (Å²) in [6, 6.07) is 14.4. The maximum absolute atomic E-state index is 13.4. The van der Waals surface area contributed by atoms with Gasteiger partial charge in [-0.2, -0.15) is 10.2 Å². The molecule has 0 unspecified atom stereocenters. The quantitative estimate of drug-likeness (QED) is 0.194. The summed E-state index contributed by atoms with van der Waals surface area (Å²) in [4.78, 5) is 19.1. The van der Waals surface area contributed by atoms with E-state index < -0.39 is 0 Å². The van der Waals surface area contributed by atoms with Gasteiger partial charge in [-0.15, -0.1) is 11.8 Å². The predicted molar refractivity (Wildman–Crippen MR) is 188 cm³/mol. The topological polar surface area (TPSA) is 101 Å². The number of nitrogens with zero attached hydrogens (tertiary/aromatic N) is 6. The van der Waals surface area contributed by atoms with Crippen LogP contribution >= 0.6 is 23.4 Å². The van der Waals surface area contributed by atoms with E-state index >= 15 is 0 Å². The zero-order valence-corrected chi connectivity index (χ0v) is 28.7. The fraction of sp³-hybridized carbons (Fsp3) is 0.333. The van der Waals surface area contributed by atoms with Crippen LogP contribution in [0.3, 0.4) is 0 Å². The van der Waals surface area contributed by atoms with E-state index in [1.54, 1.807) is 18.0 Å². The standard InChI is InChI=1S/C36H36ClN7O3S/c1-42-34-26-10-11-27(37)31(34)32-28(41-44-13-5-9-29(32)44)19-38-18-22-16-23(43(2)40-22)20-48-24-15-21-7-4-12-39-33(21)30(17-24)47-14-6-8-25(26)35(42)36(45)46-3/h4,7,10-12,15-17,38H,5-6,8-9,13-14,18-20H2,1-3H3. The summed E-state index contributed by atoms with van der Waals surface area (Å²) in [5.74, 6) is 1.14. The number of nitrogens with one attached hydrogen (secondary N) is 1. The lowest BCUT2D eigenvalue weighted by atomic mass is 9.97. The number of methoxy groups -OCH3 is 1. The Morgan fingerprint density at radius 2 is 1.96 bits per heavy atom. The van der Waals surface area contributed by atoms with Crippen molar-refractivity contribution in [3.63, 3.8) is 0 Å². The van der Waals surface area contributed by atoms with E-state index in [4.69, 9.17) is 31.3 Å². The molecule has 8 bridgehead atoms. The van der Waals surface area contributed by atoms with Gasteiger partial charge in [0.15, 0.2) is 0 Å². The minimum atomic E-state index is -0.377. The molecule has 0 spiro atoms. The molecular formula is C36H36ClN7O3S. The maximum Gasteiger partial charge on any atom is 0.354 e. The van der Waals surface area contributed by atoms with Crippen LogP contribution in [0.2, 0.25) is 5.02 Å². The Bertz CT molecular complexity index is 2220. The summed E-state index contributed by atoms with van der Waals surface area (Å²) in [5, 5.41) is 16.1. The number of hydrogen-bond acceptors (Lipinski definition) is 8. The summed E-state index contributed by atoms with van der Waals surface area (Å²) >= 11 is 8.85. The summed E-state index contributed by atoms with van der Waals surface area (Å²) in [5.41, 5.74) is 9.35. The third-order valence-electron chi connectivity index (χ3n) is 9.44. The lowest BCUT2D eigenvalue weighted by Crippen LogP contribution is -2.15. The average Bonchev–Trinajstić information content (AvgIpc) is 3.84. The first-order chi connectivity index (χ1) is 23.4. The summed E-state index contributed by atoms with van der Waals surface area (Å²) in [6.45, 7) is 2.47. The molecule has 4 aromatic heterocycles. The molecule has 2 aliphatic heterocycles.